The minimum absolute atomic E-state index is 0.0860. The van der Waals surface area contributed by atoms with Crippen LogP contribution in [-0.4, -0.2) is 43.1 Å². The van der Waals surface area contributed by atoms with Crippen molar-refractivity contribution in [3.63, 3.8) is 0 Å². The van der Waals surface area contributed by atoms with Gasteiger partial charge < -0.3 is 15.0 Å². The van der Waals surface area contributed by atoms with E-state index in [0.717, 1.165) is 43.7 Å². The molecule has 3 unspecified atom stereocenters. The van der Waals surface area contributed by atoms with Crippen LogP contribution in [0.5, 0.6) is 5.75 Å². The molecule has 3 atom stereocenters. The summed E-state index contributed by atoms with van der Waals surface area (Å²) in [5, 5.41) is 3.45. The predicted molar refractivity (Wildman–Crippen MR) is 82.6 cm³/mol. The number of carbonyl (C=O) groups is 1. The van der Waals surface area contributed by atoms with E-state index in [2.05, 4.69) is 10.2 Å². The third-order valence-electron chi connectivity index (χ3n) is 4.89. The van der Waals surface area contributed by atoms with Gasteiger partial charge in [-0.3, -0.25) is 4.79 Å². The molecule has 0 spiro atoms. The summed E-state index contributed by atoms with van der Waals surface area (Å²) >= 11 is 0. The third-order valence-corrected chi connectivity index (χ3v) is 4.89. The molecule has 0 saturated carbocycles. The molecule has 1 amide bonds. The van der Waals surface area contributed by atoms with Crippen LogP contribution in [0.1, 0.15) is 37.7 Å². The molecule has 2 saturated heterocycles. The average Bonchev–Trinajstić information content (AvgIpc) is 2.79. The van der Waals surface area contributed by atoms with Crippen molar-refractivity contribution in [2.45, 2.75) is 44.2 Å². The van der Waals surface area contributed by atoms with Gasteiger partial charge in [-0.25, -0.2) is 0 Å². The molecule has 2 fully saturated rings. The summed E-state index contributed by atoms with van der Waals surface area (Å²) in [5.41, 5.74) is 1.07. The fourth-order valence-corrected chi connectivity index (χ4v) is 3.60. The van der Waals surface area contributed by atoms with Gasteiger partial charge in [-0.05, 0) is 50.4 Å². The van der Waals surface area contributed by atoms with Gasteiger partial charge in [0, 0.05) is 18.6 Å². The maximum Gasteiger partial charge on any atom is 0.230 e. The fourth-order valence-electron chi connectivity index (χ4n) is 3.60. The summed E-state index contributed by atoms with van der Waals surface area (Å²) in [5.74, 6) is 1.02. The standard InChI is InChI=1S/C17H24N2O2/c1-12(13-3-7-16(21-2)8-4-13)17(20)19-14-5-6-15(19)11-18-10-9-14/h3-4,7-8,12,14-15,18H,5-6,9-11H2,1-2H3. The second-order valence-corrected chi connectivity index (χ2v) is 6.12. The van der Waals surface area contributed by atoms with Crippen molar-refractivity contribution < 1.29 is 9.53 Å². The smallest absolute Gasteiger partial charge is 0.230 e. The van der Waals surface area contributed by atoms with Gasteiger partial charge in [-0.2, -0.15) is 0 Å². The van der Waals surface area contributed by atoms with Crippen LogP contribution >= 0.6 is 0 Å². The topological polar surface area (TPSA) is 41.6 Å². The number of nitrogens with one attached hydrogen (secondary N) is 1. The van der Waals surface area contributed by atoms with Crippen molar-refractivity contribution >= 4 is 5.91 Å². The lowest BCUT2D eigenvalue weighted by Gasteiger charge is -2.30. The number of benzene rings is 1. The molecular formula is C17H24N2O2. The van der Waals surface area contributed by atoms with Crippen LogP contribution in [0.25, 0.3) is 0 Å². The summed E-state index contributed by atoms with van der Waals surface area (Å²) in [4.78, 5) is 15.1. The molecule has 0 aliphatic carbocycles. The highest BCUT2D eigenvalue weighted by atomic mass is 16.5. The Morgan fingerprint density at radius 1 is 1.24 bits per heavy atom. The van der Waals surface area contributed by atoms with Crippen molar-refractivity contribution in [3.8, 4) is 5.75 Å². The van der Waals surface area contributed by atoms with Gasteiger partial charge in [-0.15, -0.1) is 0 Å². The van der Waals surface area contributed by atoms with Crippen LogP contribution in [0.15, 0.2) is 24.3 Å². The van der Waals surface area contributed by atoms with Crippen LogP contribution in [-0.2, 0) is 4.79 Å². The van der Waals surface area contributed by atoms with E-state index in [0.29, 0.717) is 12.1 Å². The van der Waals surface area contributed by atoms with Gasteiger partial charge in [-0.1, -0.05) is 12.1 Å². The first-order chi connectivity index (χ1) is 10.2. The lowest BCUT2D eigenvalue weighted by atomic mass is 9.98. The van der Waals surface area contributed by atoms with Crippen molar-refractivity contribution in [1.82, 2.24) is 10.2 Å². The normalized spacial score (nSPS) is 26.3. The van der Waals surface area contributed by atoms with E-state index < -0.39 is 0 Å². The average molecular weight is 288 g/mol. The molecular weight excluding hydrogens is 264 g/mol. The molecule has 2 aliphatic rings. The molecule has 1 N–H and O–H groups in total. The number of nitrogens with zero attached hydrogens (tertiary/aromatic N) is 1. The van der Waals surface area contributed by atoms with E-state index in [4.69, 9.17) is 4.74 Å². The summed E-state index contributed by atoms with van der Waals surface area (Å²) < 4.78 is 5.18. The first kappa shape index (κ1) is 14.4. The monoisotopic (exact) mass is 288 g/mol. The number of hydrogen-bond acceptors (Lipinski definition) is 3. The molecule has 114 valence electrons. The van der Waals surface area contributed by atoms with Gasteiger partial charge in [0.15, 0.2) is 0 Å². The first-order valence-corrected chi connectivity index (χ1v) is 7.87. The van der Waals surface area contributed by atoms with Crippen LogP contribution in [0.2, 0.25) is 0 Å². The van der Waals surface area contributed by atoms with Crippen LogP contribution in [0.3, 0.4) is 0 Å². The Kier molecular flexibility index (Phi) is 4.15. The molecule has 2 bridgehead atoms. The van der Waals surface area contributed by atoms with Crippen molar-refractivity contribution in [2.24, 2.45) is 0 Å². The zero-order valence-electron chi connectivity index (χ0n) is 12.8. The molecule has 2 aliphatic heterocycles. The largest absolute Gasteiger partial charge is 0.497 e. The first-order valence-electron chi connectivity index (χ1n) is 7.87. The maximum atomic E-state index is 12.9. The summed E-state index contributed by atoms with van der Waals surface area (Å²) in [6.07, 6.45) is 3.38. The Labute approximate surface area is 126 Å². The molecule has 1 aromatic carbocycles. The van der Waals surface area contributed by atoms with Gasteiger partial charge in [0.2, 0.25) is 5.91 Å². The summed E-state index contributed by atoms with van der Waals surface area (Å²) in [7, 11) is 1.66. The summed E-state index contributed by atoms with van der Waals surface area (Å²) in [6.45, 7) is 3.99. The second kappa shape index (κ2) is 6.06. The summed E-state index contributed by atoms with van der Waals surface area (Å²) in [6, 6.07) is 8.66. The number of carbonyl (C=O) groups excluding carboxylic acids is 1. The number of hydrogen-bond donors (Lipinski definition) is 1. The number of amides is 1. The van der Waals surface area contributed by atoms with Crippen LogP contribution in [0.4, 0.5) is 0 Å². The van der Waals surface area contributed by atoms with Crippen LogP contribution < -0.4 is 10.1 Å². The molecule has 0 radical (unpaired) electrons. The maximum absolute atomic E-state index is 12.9. The van der Waals surface area contributed by atoms with E-state index in [1.807, 2.05) is 31.2 Å². The van der Waals surface area contributed by atoms with E-state index in [9.17, 15) is 4.79 Å². The van der Waals surface area contributed by atoms with Crippen LogP contribution in [0, 0.1) is 0 Å². The number of methoxy groups -OCH3 is 1. The van der Waals surface area contributed by atoms with Gasteiger partial charge in [0.05, 0.1) is 13.0 Å². The van der Waals surface area contributed by atoms with Gasteiger partial charge >= 0.3 is 0 Å². The molecule has 4 nitrogen and oxygen atoms in total. The molecule has 4 heteroatoms. The lowest BCUT2D eigenvalue weighted by Crippen LogP contribution is -2.44. The highest BCUT2D eigenvalue weighted by molar-refractivity contribution is 5.84. The molecule has 2 heterocycles. The Balaban J connectivity index is 1.77. The Morgan fingerprint density at radius 3 is 2.67 bits per heavy atom. The Hall–Kier alpha value is -1.55. The molecule has 21 heavy (non-hydrogen) atoms. The predicted octanol–water partition coefficient (Wildman–Crippen LogP) is 2.15. The molecule has 1 aromatic rings. The zero-order chi connectivity index (χ0) is 14.8. The lowest BCUT2D eigenvalue weighted by molar-refractivity contribution is -0.135. The van der Waals surface area contributed by atoms with Crippen molar-refractivity contribution in [3.05, 3.63) is 29.8 Å². The van der Waals surface area contributed by atoms with Gasteiger partial charge in [0.1, 0.15) is 5.75 Å². The zero-order valence-corrected chi connectivity index (χ0v) is 12.8. The Morgan fingerprint density at radius 2 is 1.95 bits per heavy atom. The Bertz CT molecular complexity index is 486. The second-order valence-electron chi connectivity index (χ2n) is 6.12. The third kappa shape index (κ3) is 2.77. The van der Waals surface area contributed by atoms with E-state index in [1.165, 1.54) is 0 Å². The number of fused-ring (bicyclic) bond motifs is 2. The molecule has 3 rings (SSSR count). The quantitative estimate of drug-likeness (QED) is 0.926. The number of ether oxygens (including phenoxy) is 1. The highest BCUT2D eigenvalue weighted by Crippen LogP contribution is 2.32. The SMILES string of the molecule is COc1ccc(C(C)C(=O)N2C3CCNCC2CC3)cc1. The van der Waals surface area contributed by atoms with E-state index >= 15 is 0 Å². The van der Waals surface area contributed by atoms with Crippen molar-refractivity contribution in [2.75, 3.05) is 20.2 Å². The van der Waals surface area contributed by atoms with Crippen molar-refractivity contribution in [1.29, 1.82) is 0 Å². The highest BCUT2D eigenvalue weighted by Gasteiger charge is 2.39. The van der Waals surface area contributed by atoms with Gasteiger partial charge in [0.25, 0.3) is 0 Å². The number of rotatable bonds is 3. The minimum atomic E-state index is -0.0860. The minimum Gasteiger partial charge on any atom is -0.497 e. The molecule has 0 aromatic heterocycles. The fraction of sp³-hybridized carbons (Fsp3) is 0.588. The van der Waals surface area contributed by atoms with E-state index in [-0.39, 0.29) is 11.8 Å². The van der Waals surface area contributed by atoms with E-state index in [1.54, 1.807) is 7.11 Å².